The zero-order chi connectivity index (χ0) is 12.3. The highest BCUT2D eigenvalue weighted by Gasteiger charge is 2.21. The third-order valence-corrected chi connectivity index (χ3v) is 3.90. The predicted molar refractivity (Wildman–Crippen MR) is 71.5 cm³/mol. The van der Waals surface area contributed by atoms with Crippen molar-refractivity contribution in [1.82, 2.24) is 5.32 Å². The van der Waals surface area contributed by atoms with Gasteiger partial charge in [0.15, 0.2) is 0 Å². The molecule has 1 aromatic rings. The van der Waals surface area contributed by atoms with E-state index in [2.05, 4.69) is 44.4 Å². The molecule has 1 heterocycles. The van der Waals surface area contributed by atoms with E-state index in [1.807, 2.05) is 0 Å². The van der Waals surface area contributed by atoms with Gasteiger partial charge in [0.25, 0.3) is 0 Å². The molecule has 0 fully saturated rings. The average molecular weight is 233 g/mol. The van der Waals surface area contributed by atoms with Crippen molar-refractivity contribution in [3.05, 3.63) is 29.3 Å². The second kappa shape index (κ2) is 5.54. The average Bonchev–Trinajstić information content (AvgIpc) is 2.82. The first kappa shape index (κ1) is 12.4. The molecule has 0 radical (unpaired) electrons. The van der Waals surface area contributed by atoms with Crippen molar-refractivity contribution in [2.24, 2.45) is 5.92 Å². The maximum atomic E-state index is 5.56. The highest BCUT2D eigenvalue weighted by molar-refractivity contribution is 5.40. The van der Waals surface area contributed by atoms with E-state index in [1.165, 1.54) is 24.0 Å². The molecule has 2 nitrogen and oxygen atoms in total. The summed E-state index contributed by atoms with van der Waals surface area (Å²) in [6.45, 7) is 5.39. The lowest BCUT2D eigenvalue weighted by atomic mass is 9.88. The number of ether oxygens (including phenoxy) is 1. The van der Waals surface area contributed by atoms with Crippen molar-refractivity contribution < 1.29 is 4.74 Å². The lowest BCUT2D eigenvalue weighted by Crippen LogP contribution is -2.24. The van der Waals surface area contributed by atoms with Gasteiger partial charge in [-0.2, -0.15) is 0 Å². The number of hydrogen-bond donors (Lipinski definition) is 1. The van der Waals surface area contributed by atoms with Crippen LogP contribution in [0.4, 0.5) is 0 Å². The van der Waals surface area contributed by atoms with Gasteiger partial charge in [-0.3, -0.25) is 0 Å². The Labute approximate surface area is 104 Å². The predicted octanol–water partition coefficient (Wildman–Crippen LogP) is 3.32. The molecule has 0 bridgehead atoms. The lowest BCUT2D eigenvalue weighted by Gasteiger charge is -2.25. The van der Waals surface area contributed by atoms with Crippen LogP contribution in [0.1, 0.15) is 43.9 Å². The second-order valence-electron chi connectivity index (χ2n) is 4.81. The molecule has 1 N–H and O–H groups in total. The maximum absolute atomic E-state index is 5.56. The Bertz CT molecular complexity index is 371. The molecule has 2 rings (SSSR count). The van der Waals surface area contributed by atoms with Gasteiger partial charge in [-0.1, -0.05) is 38.8 Å². The summed E-state index contributed by atoms with van der Waals surface area (Å²) < 4.78 is 5.56. The van der Waals surface area contributed by atoms with Crippen molar-refractivity contribution in [3.8, 4) is 5.75 Å². The van der Waals surface area contributed by atoms with Gasteiger partial charge in [-0.25, -0.2) is 0 Å². The molecule has 1 aromatic carbocycles. The molecule has 0 aromatic heterocycles. The van der Waals surface area contributed by atoms with Crippen LogP contribution in [0.15, 0.2) is 18.2 Å². The molecule has 0 saturated heterocycles. The summed E-state index contributed by atoms with van der Waals surface area (Å²) in [6, 6.07) is 7.13. The number of nitrogens with one attached hydrogen (secondary N) is 1. The van der Waals surface area contributed by atoms with Crippen molar-refractivity contribution in [1.29, 1.82) is 0 Å². The van der Waals surface area contributed by atoms with Crippen molar-refractivity contribution >= 4 is 0 Å². The maximum Gasteiger partial charge on any atom is 0.122 e. The quantitative estimate of drug-likeness (QED) is 0.842. The molecule has 1 unspecified atom stereocenters. The van der Waals surface area contributed by atoms with Gasteiger partial charge >= 0.3 is 0 Å². The van der Waals surface area contributed by atoms with E-state index in [0.717, 1.165) is 18.8 Å². The van der Waals surface area contributed by atoms with Crippen molar-refractivity contribution in [2.75, 3.05) is 13.7 Å². The molecular weight excluding hydrogens is 210 g/mol. The van der Waals surface area contributed by atoms with E-state index in [4.69, 9.17) is 4.74 Å². The van der Waals surface area contributed by atoms with E-state index in [-0.39, 0.29) is 0 Å². The van der Waals surface area contributed by atoms with Gasteiger partial charge in [-0.05, 0) is 30.2 Å². The van der Waals surface area contributed by atoms with E-state index < -0.39 is 0 Å². The fourth-order valence-electron chi connectivity index (χ4n) is 2.83. The molecule has 0 saturated carbocycles. The second-order valence-corrected chi connectivity index (χ2v) is 4.81. The van der Waals surface area contributed by atoms with E-state index in [1.54, 1.807) is 0 Å². The molecule has 1 atom stereocenters. The third kappa shape index (κ3) is 2.47. The fourth-order valence-corrected chi connectivity index (χ4v) is 2.83. The van der Waals surface area contributed by atoms with Crippen LogP contribution in [-0.2, 0) is 6.42 Å². The third-order valence-electron chi connectivity index (χ3n) is 3.90. The van der Waals surface area contributed by atoms with Gasteiger partial charge < -0.3 is 10.1 Å². The highest BCUT2D eigenvalue weighted by atomic mass is 16.5. The Morgan fingerprint density at radius 2 is 2.06 bits per heavy atom. The summed E-state index contributed by atoms with van der Waals surface area (Å²) in [6.07, 6.45) is 3.49. The Morgan fingerprint density at radius 1 is 1.29 bits per heavy atom. The molecule has 94 valence electrons. The first-order chi connectivity index (χ1) is 8.30. The zero-order valence-electron chi connectivity index (χ0n) is 11.1. The van der Waals surface area contributed by atoms with Gasteiger partial charge in [0, 0.05) is 12.5 Å². The van der Waals surface area contributed by atoms with Crippen LogP contribution in [0.25, 0.3) is 0 Å². The minimum atomic E-state index is 0.468. The van der Waals surface area contributed by atoms with Gasteiger partial charge in [-0.15, -0.1) is 0 Å². The molecular formula is C15H23NO. The lowest BCUT2D eigenvalue weighted by molar-refractivity contribution is 0.354. The standard InChI is InChI=1S/C15H23NO/c1-4-11(5-2)15(16-3)13-6-7-14-12(10-13)8-9-17-14/h6-7,10-11,15-16H,4-5,8-9H2,1-3H3. The Morgan fingerprint density at radius 3 is 2.71 bits per heavy atom. The smallest absolute Gasteiger partial charge is 0.122 e. The van der Waals surface area contributed by atoms with E-state index in [0.29, 0.717) is 12.0 Å². The van der Waals surface area contributed by atoms with Gasteiger partial charge in [0.05, 0.1) is 6.61 Å². The SMILES string of the molecule is CCC(CC)C(NC)c1ccc2c(c1)CCO2. The van der Waals surface area contributed by atoms with Crippen LogP contribution in [0.2, 0.25) is 0 Å². The van der Waals surface area contributed by atoms with Crippen LogP contribution in [0, 0.1) is 5.92 Å². The minimum Gasteiger partial charge on any atom is -0.493 e. The van der Waals surface area contributed by atoms with E-state index in [9.17, 15) is 0 Å². The largest absolute Gasteiger partial charge is 0.493 e. The molecule has 0 spiro atoms. The fraction of sp³-hybridized carbons (Fsp3) is 0.600. The number of hydrogen-bond acceptors (Lipinski definition) is 2. The zero-order valence-corrected chi connectivity index (χ0v) is 11.1. The molecule has 2 heteroatoms. The molecule has 1 aliphatic rings. The number of fused-ring (bicyclic) bond motifs is 1. The molecule has 0 aliphatic carbocycles. The van der Waals surface area contributed by atoms with Crippen LogP contribution in [-0.4, -0.2) is 13.7 Å². The number of benzene rings is 1. The Hall–Kier alpha value is -1.02. The molecule has 0 amide bonds. The minimum absolute atomic E-state index is 0.468. The first-order valence-electron chi connectivity index (χ1n) is 6.73. The van der Waals surface area contributed by atoms with Gasteiger partial charge in [0.1, 0.15) is 5.75 Å². The Kier molecular flexibility index (Phi) is 4.06. The first-order valence-corrected chi connectivity index (χ1v) is 6.73. The van der Waals surface area contributed by atoms with Crippen LogP contribution in [0.5, 0.6) is 5.75 Å². The molecule has 17 heavy (non-hydrogen) atoms. The molecule has 1 aliphatic heterocycles. The van der Waals surface area contributed by atoms with Crippen LogP contribution < -0.4 is 10.1 Å². The summed E-state index contributed by atoms with van der Waals surface area (Å²) in [5.41, 5.74) is 2.78. The number of rotatable bonds is 5. The monoisotopic (exact) mass is 233 g/mol. The summed E-state index contributed by atoms with van der Waals surface area (Å²) in [4.78, 5) is 0. The summed E-state index contributed by atoms with van der Waals surface area (Å²) in [7, 11) is 2.06. The van der Waals surface area contributed by atoms with E-state index >= 15 is 0 Å². The highest BCUT2D eigenvalue weighted by Crippen LogP contribution is 2.32. The topological polar surface area (TPSA) is 21.3 Å². The van der Waals surface area contributed by atoms with Crippen LogP contribution in [0.3, 0.4) is 0 Å². The van der Waals surface area contributed by atoms with Gasteiger partial charge in [0.2, 0.25) is 0 Å². The van der Waals surface area contributed by atoms with Crippen molar-refractivity contribution in [3.63, 3.8) is 0 Å². The summed E-state index contributed by atoms with van der Waals surface area (Å²) in [5, 5.41) is 3.47. The van der Waals surface area contributed by atoms with Crippen molar-refractivity contribution in [2.45, 2.75) is 39.2 Å². The summed E-state index contributed by atoms with van der Waals surface area (Å²) in [5.74, 6) is 1.79. The summed E-state index contributed by atoms with van der Waals surface area (Å²) >= 11 is 0. The van der Waals surface area contributed by atoms with Crippen LogP contribution >= 0.6 is 0 Å². The Balaban J connectivity index is 2.25. The normalized spacial score (nSPS) is 15.8.